The highest BCUT2D eigenvalue weighted by Crippen LogP contribution is 2.27. The van der Waals surface area contributed by atoms with Crippen LogP contribution in [0.15, 0.2) is 23.6 Å². The molecule has 0 aliphatic heterocycles. The maximum atomic E-state index is 12.3. The second-order valence-electron chi connectivity index (χ2n) is 5.06. The lowest BCUT2D eigenvalue weighted by molar-refractivity contribution is 0.0930. The Hall–Kier alpha value is -1.13. The highest BCUT2D eigenvalue weighted by atomic mass is 32.1. The van der Waals surface area contributed by atoms with Gasteiger partial charge in [0.2, 0.25) is 0 Å². The van der Waals surface area contributed by atoms with Crippen molar-refractivity contribution in [2.45, 2.75) is 33.7 Å². The predicted molar refractivity (Wildman–Crippen MR) is 83.2 cm³/mol. The van der Waals surface area contributed by atoms with E-state index in [1.807, 2.05) is 19.1 Å². The number of carbonyl (C=O) groups is 1. The van der Waals surface area contributed by atoms with Crippen LogP contribution in [0.5, 0.6) is 0 Å². The minimum Gasteiger partial charge on any atom is -0.343 e. The first-order valence-electron chi connectivity index (χ1n) is 6.40. The molecule has 2 aromatic heterocycles. The van der Waals surface area contributed by atoms with Crippen molar-refractivity contribution in [2.24, 2.45) is 5.92 Å². The topological polar surface area (TPSA) is 29.1 Å². The van der Waals surface area contributed by atoms with Gasteiger partial charge in [-0.2, -0.15) is 0 Å². The Morgan fingerprint density at radius 2 is 2.05 bits per heavy atom. The van der Waals surface area contributed by atoms with Gasteiger partial charge in [-0.15, -0.1) is 22.7 Å². The Morgan fingerprint density at radius 3 is 2.53 bits per heavy atom. The summed E-state index contributed by atoms with van der Waals surface area (Å²) in [4.78, 5) is 15.6. The van der Waals surface area contributed by atoms with E-state index in [2.05, 4.69) is 37.5 Å². The number of rotatable bonds is 4. The van der Waals surface area contributed by atoms with E-state index in [-0.39, 0.29) is 11.9 Å². The number of hydrogen-bond donors (Lipinski definition) is 1. The standard InChI is InChI=1S/C15H19NOS2/c1-9(2)14(12-6-5-7-18-12)16-15(17)13-8-10(3)11(4)19-13/h5-9,14H,1-4H3,(H,16,17)/t14-/m1/s1. The molecule has 102 valence electrons. The fraction of sp³-hybridized carbons (Fsp3) is 0.400. The monoisotopic (exact) mass is 293 g/mol. The lowest BCUT2D eigenvalue weighted by Gasteiger charge is -2.20. The van der Waals surface area contributed by atoms with Crippen molar-refractivity contribution >= 4 is 28.6 Å². The van der Waals surface area contributed by atoms with Crippen molar-refractivity contribution in [1.29, 1.82) is 0 Å². The van der Waals surface area contributed by atoms with Gasteiger partial charge in [0.1, 0.15) is 0 Å². The maximum absolute atomic E-state index is 12.3. The van der Waals surface area contributed by atoms with Crippen LogP contribution in [0.2, 0.25) is 0 Å². The van der Waals surface area contributed by atoms with Gasteiger partial charge in [0.05, 0.1) is 10.9 Å². The lowest BCUT2D eigenvalue weighted by Crippen LogP contribution is -2.30. The molecule has 0 spiro atoms. The molecule has 0 aromatic carbocycles. The van der Waals surface area contributed by atoms with E-state index in [1.54, 1.807) is 22.7 Å². The average molecular weight is 293 g/mol. The maximum Gasteiger partial charge on any atom is 0.261 e. The van der Waals surface area contributed by atoms with Crippen LogP contribution in [-0.4, -0.2) is 5.91 Å². The fourth-order valence-electron chi connectivity index (χ4n) is 1.93. The molecule has 0 radical (unpaired) electrons. The zero-order valence-corrected chi connectivity index (χ0v) is 13.3. The summed E-state index contributed by atoms with van der Waals surface area (Å²) in [6.45, 7) is 8.36. The predicted octanol–water partition coefficient (Wildman–Crippen LogP) is 4.55. The van der Waals surface area contributed by atoms with Gasteiger partial charge in [0.15, 0.2) is 0 Å². The molecule has 19 heavy (non-hydrogen) atoms. The summed E-state index contributed by atoms with van der Waals surface area (Å²) in [5, 5.41) is 5.21. The molecule has 0 saturated heterocycles. The van der Waals surface area contributed by atoms with E-state index < -0.39 is 0 Å². The van der Waals surface area contributed by atoms with E-state index in [4.69, 9.17) is 0 Å². The Kier molecular flexibility index (Phi) is 4.42. The van der Waals surface area contributed by atoms with Gasteiger partial charge >= 0.3 is 0 Å². The van der Waals surface area contributed by atoms with E-state index in [9.17, 15) is 4.79 Å². The van der Waals surface area contributed by atoms with Crippen LogP contribution >= 0.6 is 22.7 Å². The van der Waals surface area contributed by atoms with Crippen molar-refractivity contribution in [2.75, 3.05) is 0 Å². The molecule has 2 rings (SSSR count). The van der Waals surface area contributed by atoms with E-state index in [0.717, 1.165) is 4.88 Å². The normalized spacial score (nSPS) is 12.7. The molecule has 0 unspecified atom stereocenters. The van der Waals surface area contributed by atoms with E-state index in [0.29, 0.717) is 5.92 Å². The van der Waals surface area contributed by atoms with Gasteiger partial charge in [-0.1, -0.05) is 19.9 Å². The number of aryl methyl sites for hydroxylation is 2. The van der Waals surface area contributed by atoms with E-state index >= 15 is 0 Å². The van der Waals surface area contributed by atoms with Crippen LogP contribution in [0.4, 0.5) is 0 Å². The van der Waals surface area contributed by atoms with Crippen LogP contribution in [0.1, 0.15) is 44.9 Å². The average Bonchev–Trinajstić information content (AvgIpc) is 2.97. The second kappa shape index (κ2) is 5.88. The number of amides is 1. The number of nitrogens with one attached hydrogen (secondary N) is 1. The minimum absolute atomic E-state index is 0.0355. The zero-order chi connectivity index (χ0) is 14.0. The third kappa shape index (κ3) is 3.25. The van der Waals surface area contributed by atoms with Crippen molar-refractivity contribution in [1.82, 2.24) is 5.32 Å². The summed E-state index contributed by atoms with van der Waals surface area (Å²) in [7, 11) is 0. The Balaban J connectivity index is 2.16. The van der Waals surface area contributed by atoms with Gasteiger partial charge in [-0.3, -0.25) is 4.79 Å². The van der Waals surface area contributed by atoms with Crippen LogP contribution in [-0.2, 0) is 0 Å². The van der Waals surface area contributed by atoms with Crippen LogP contribution in [0.25, 0.3) is 0 Å². The van der Waals surface area contributed by atoms with Crippen molar-refractivity contribution in [3.05, 3.63) is 43.8 Å². The molecule has 0 aliphatic carbocycles. The summed E-state index contributed by atoms with van der Waals surface area (Å²) in [6.07, 6.45) is 0. The summed E-state index contributed by atoms with van der Waals surface area (Å²) >= 11 is 3.26. The first-order valence-corrected chi connectivity index (χ1v) is 8.10. The van der Waals surface area contributed by atoms with Crippen LogP contribution in [0.3, 0.4) is 0 Å². The largest absolute Gasteiger partial charge is 0.343 e. The van der Waals surface area contributed by atoms with Crippen molar-refractivity contribution < 1.29 is 4.79 Å². The Labute approximate surface area is 122 Å². The molecule has 0 saturated carbocycles. The smallest absolute Gasteiger partial charge is 0.261 e. The summed E-state index contributed by atoms with van der Waals surface area (Å²) in [5.74, 6) is 0.415. The quantitative estimate of drug-likeness (QED) is 0.880. The molecule has 0 fully saturated rings. The van der Waals surface area contributed by atoms with Gasteiger partial charge in [0.25, 0.3) is 5.91 Å². The number of hydrogen-bond acceptors (Lipinski definition) is 3. The molecule has 4 heteroatoms. The molecule has 2 heterocycles. The molecule has 1 amide bonds. The second-order valence-corrected chi connectivity index (χ2v) is 7.30. The van der Waals surface area contributed by atoms with Gasteiger partial charge < -0.3 is 5.32 Å². The zero-order valence-electron chi connectivity index (χ0n) is 11.7. The molecule has 2 nitrogen and oxygen atoms in total. The number of thiophene rings is 2. The Morgan fingerprint density at radius 1 is 1.32 bits per heavy atom. The van der Waals surface area contributed by atoms with Crippen LogP contribution in [0, 0.1) is 19.8 Å². The van der Waals surface area contributed by atoms with Crippen LogP contribution < -0.4 is 5.32 Å². The summed E-state index contributed by atoms with van der Waals surface area (Å²) < 4.78 is 0. The van der Waals surface area contributed by atoms with Crippen molar-refractivity contribution in [3.63, 3.8) is 0 Å². The summed E-state index contributed by atoms with van der Waals surface area (Å²) in [6, 6.07) is 6.18. The van der Waals surface area contributed by atoms with E-state index in [1.165, 1.54) is 15.3 Å². The van der Waals surface area contributed by atoms with Crippen molar-refractivity contribution in [3.8, 4) is 0 Å². The SMILES string of the molecule is Cc1cc(C(=O)N[C@@H](c2cccs2)C(C)C)sc1C. The first-order chi connectivity index (χ1) is 8.99. The van der Waals surface area contributed by atoms with Gasteiger partial charge in [-0.25, -0.2) is 0 Å². The first kappa shape index (κ1) is 14.3. The molecule has 1 N–H and O–H groups in total. The van der Waals surface area contributed by atoms with Gasteiger partial charge in [0, 0.05) is 9.75 Å². The highest BCUT2D eigenvalue weighted by molar-refractivity contribution is 7.14. The molecule has 2 aromatic rings. The van der Waals surface area contributed by atoms with Gasteiger partial charge in [-0.05, 0) is 42.8 Å². The minimum atomic E-state index is 0.0355. The third-order valence-corrected chi connectivity index (χ3v) is 5.30. The molecular formula is C15H19NOS2. The fourth-order valence-corrected chi connectivity index (χ4v) is 3.82. The molecule has 0 aliphatic rings. The lowest BCUT2D eigenvalue weighted by atomic mass is 10.0. The molecular weight excluding hydrogens is 274 g/mol. The molecule has 0 bridgehead atoms. The summed E-state index contributed by atoms with van der Waals surface area (Å²) in [5.41, 5.74) is 1.19. The number of carbonyl (C=O) groups excluding carboxylic acids is 1. The third-order valence-electron chi connectivity index (χ3n) is 3.19. The highest BCUT2D eigenvalue weighted by Gasteiger charge is 2.21. The Bertz CT molecular complexity index is 535. The molecule has 1 atom stereocenters.